The largest absolute Gasteiger partial charge is 0.463 e. The Kier molecular flexibility index (Phi) is 8.21. The van der Waals surface area contributed by atoms with Crippen molar-refractivity contribution in [3.63, 3.8) is 0 Å². The minimum atomic E-state index is 0.0592. The van der Waals surface area contributed by atoms with E-state index >= 15 is 0 Å². The Morgan fingerprint density at radius 2 is 1.68 bits per heavy atom. The van der Waals surface area contributed by atoms with E-state index in [1.54, 1.807) is 4.68 Å². The molecule has 1 amide bonds. The monoisotopic (exact) mass is 420 g/mol. The number of ether oxygens (including phenoxy) is 1. The standard InChI is InChI=1S/C25H32N4O2/c1-4-6-7-8-9-10-23(30)26-21-15-17-22(18-16-21)29-24(27-25(28-29)31-5-2)20-13-11-19(3)12-14-20/h11-18H,4-10H2,1-3H3,(H,26,30). The minimum Gasteiger partial charge on any atom is -0.463 e. The number of nitrogens with zero attached hydrogens (tertiary/aromatic N) is 3. The lowest BCUT2D eigenvalue weighted by Gasteiger charge is -2.09. The van der Waals surface area contributed by atoms with E-state index in [2.05, 4.69) is 41.4 Å². The molecule has 0 radical (unpaired) electrons. The van der Waals surface area contributed by atoms with Crippen LogP contribution in [0.4, 0.5) is 5.69 Å². The first-order chi connectivity index (χ1) is 15.1. The van der Waals surface area contributed by atoms with Gasteiger partial charge in [-0.1, -0.05) is 62.4 Å². The molecule has 0 saturated carbocycles. The lowest BCUT2D eigenvalue weighted by molar-refractivity contribution is -0.116. The number of aryl methyl sites for hydroxylation is 1. The zero-order valence-corrected chi connectivity index (χ0v) is 18.7. The quantitative estimate of drug-likeness (QED) is 0.390. The average molecular weight is 421 g/mol. The molecule has 0 fully saturated rings. The summed E-state index contributed by atoms with van der Waals surface area (Å²) in [5, 5.41) is 7.50. The van der Waals surface area contributed by atoms with Crippen molar-refractivity contribution in [3.8, 4) is 23.1 Å². The van der Waals surface area contributed by atoms with Gasteiger partial charge in [-0.15, -0.1) is 5.10 Å². The second-order valence-corrected chi connectivity index (χ2v) is 7.69. The maximum absolute atomic E-state index is 12.2. The fraction of sp³-hybridized carbons (Fsp3) is 0.400. The minimum absolute atomic E-state index is 0.0592. The SMILES string of the molecule is CCCCCCCC(=O)Nc1ccc(-n2nc(OCC)nc2-c2ccc(C)cc2)cc1. The van der Waals surface area contributed by atoms with Crippen molar-refractivity contribution in [2.75, 3.05) is 11.9 Å². The van der Waals surface area contributed by atoms with E-state index in [-0.39, 0.29) is 5.91 Å². The molecule has 0 atom stereocenters. The number of benzene rings is 2. The van der Waals surface area contributed by atoms with Crippen LogP contribution in [0, 0.1) is 6.92 Å². The van der Waals surface area contributed by atoms with Crippen molar-refractivity contribution in [1.82, 2.24) is 14.8 Å². The third-order valence-corrected chi connectivity index (χ3v) is 5.07. The third-order valence-electron chi connectivity index (χ3n) is 5.07. The second-order valence-electron chi connectivity index (χ2n) is 7.69. The van der Waals surface area contributed by atoms with Crippen LogP contribution in [0.25, 0.3) is 17.1 Å². The van der Waals surface area contributed by atoms with Crippen LogP contribution in [-0.2, 0) is 4.79 Å². The molecule has 6 heteroatoms. The molecule has 31 heavy (non-hydrogen) atoms. The van der Waals surface area contributed by atoms with Crippen LogP contribution >= 0.6 is 0 Å². The van der Waals surface area contributed by atoms with E-state index in [0.717, 1.165) is 29.8 Å². The highest BCUT2D eigenvalue weighted by Gasteiger charge is 2.14. The number of anilines is 1. The first-order valence-electron chi connectivity index (χ1n) is 11.2. The van der Waals surface area contributed by atoms with Gasteiger partial charge in [0.05, 0.1) is 12.3 Å². The summed E-state index contributed by atoms with van der Waals surface area (Å²) in [6.45, 7) is 6.66. The highest BCUT2D eigenvalue weighted by atomic mass is 16.5. The zero-order valence-electron chi connectivity index (χ0n) is 18.7. The molecule has 0 aliphatic heterocycles. The maximum Gasteiger partial charge on any atom is 0.336 e. The van der Waals surface area contributed by atoms with Gasteiger partial charge in [-0.2, -0.15) is 4.98 Å². The topological polar surface area (TPSA) is 69.0 Å². The van der Waals surface area contributed by atoms with E-state index < -0.39 is 0 Å². The summed E-state index contributed by atoms with van der Waals surface area (Å²) >= 11 is 0. The molecule has 164 valence electrons. The molecule has 0 aliphatic rings. The Morgan fingerprint density at radius 1 is 0.968 bits per heavy atom. The first kappa shape index (κ1) is 22.5. The Hall–Kier alpha value is -3.15. The number of nitrogens with one attached hydrogen (secondary N) is 1. The number of rotatable bonds is 11. The molecule has 6 nitrogen and oxygen atoms in total. The van der Waals surface area contributed by atoms with Crippen molar-refractivity contribution in [2.45, 2.75) is 59.3 Å². The molecule has 0 unspecified atom stereocenters. The molecule has 2 aromatic carbocycles. The van der Waals surface area contributed by atoms with Gasteiger partial charge in [-0.25, -0.2) is 4.68 Å². The lowest BCUT2D eigenvalue weighted by atomic mass is 10.1. The maximum atomic E-state index is 12.2. The summed E-state index contributed by atoms with van der Waals surface area (Å²) in [4.78, 5) is 16.7. The number of amides is 1. The van der Waals surface area contributed by atoms with Crippen molar-refractivity contribution in [1.29, 1.82) is 0 Å². The normalized spacial score (nSPS) is 10.8. The van der Waals surface area contributed by atoms with Gasteiger partial charge in [0, 0.05) is 17.7 Å². The number of unbranched alkanes of at least 4 members (excludes halogenated alkanes) is 4. The van der Waals surface area contributed by atoms with Gasteiger partial charge in [-0.3, -0.25) is 4.79 Å². The Bertz CT molecular complexity index is 962. The van der Waals surface area contributed by atoms with E-state index in [0.29, 0.717) is 24.9 Å². The molecule has 3 rings (SSSR count). The van der Waals surface area contributed by atoms with Gasteiger partial charge in [0.1, 0.15) is 0 Å². The fourth-order valence-corrected chi connectivity index (χ4v) is 3.35. The fourth-order valence-electron chi connectivity index (χ4n) is 3.35. The Morgan fingerprint density at radius 3 is 2.35 bits per heavy atom. The predicted octanol–water partition coefficient (Wildman–Crippen LogP) is 5.94. The third kappa shape index (κ3) is 6.41. The summed E-state index contributed by atoms with van der Waals surface area (Å²) in [5.74, 6) is 0.774. The van der Waals surface area contributed by atoms with Gasteiger partial charge in [0.25, 0.3) is 0 Å². The lowest BCUT2D eigenvalue weighted by Crippen LogP contribution is -2.11. The molecule has 0 saturated heterocycles. The summed E-state index contributed by atoms with van der Waals surface area (Å²) < 4.78 is 7.30. The summed E-state index contributed by atoms with van der Waals surface area (Å²) in [5.41, 5.74) is 3.78. The van der Waals surface area contributed by atoms with Gasteiger partial charge < -0.3 is 10.1 Å². The Balaban J connectivity index is 1.71. The summed E-state index contributed by atoms with van der Waals surface area (Å²) in [6, 6.07) is 16.2. The van der Waals surface area contributed by atoms with Crippen molar-refractivity contribution in [2.24, 2.45) is 0 Å². The molecule has 0 bridgehead atoms. The summed E-state index contributed by atoms with van der Waals surface area (Å²) in [7, 11) is 0. The van der Waals surface area contributed by atoms with E-state index in [9.17, 15) is 4.79 Å². The van der Waals surface area contributed by atoms with Gasteiger partial charge in [0.2, 0.25) is 5.91 Å². The molecule has 1 aromatic heterocycles. The van der Waals surface area contributed by atoms with Gasteiger partial charge in [0.15, 0.2) is 5.82 Å². The molecule has 1 heterocycles. The predicted molar refractivity (Wildman–Crippen MR) is 125 cm³/mol. The highest BCUT2D eigenvalue weighted by molar-refractivity contribution is 5.90. The van der Waals surface area contributed by atoms with E-state index in [1.807, 2.05) is 43.3 Å². The van der Waals surface area contributed by atoms with Crippen LogP contribution in [0.2, 0.25) is 0 Å². The molecular weight excluding hydrogens is 388 g/mol. The van der Waals surface area contributed by atoms with Gasteiger partial charge >= 0.3 is 6.01 Å². The van der Waals surface area contributed by atoms with E-state index in [1.165, 1.54) is 24.8 Å². The molecule has 3 aromatic rings. The van der Waals surface area contributed by atoms with Crippen LogP contribution < -0.4 is 10.1 Å². The van der Waals surface area contributed by atoms with Crippen LogP contribution in [0.3, 0.4) is 0 Å². The number of carbonyl (C=O) groups excluding carboxylic acids is 1. The second kappa shape index (κ2) is 11.3. The smallest absolute Gasteiger partial charge is 0.336 e. The van der Waals surface area contributed by atoms with Gasteiger partial charge in [-0.05, 0) is 44.5 Å². The van der Waals surface area contributed by atoms with Crippen molar-refractivity contribution >= 4 is 11.6 Å². The van der Waals surface area contributed by atoms with Crippen LogP contribution in [0.15, 0.2) is 48.5 Å². The zero-order chi connectivity index (χ0) is 22.1. The number of carbonyl (C=O) groups is 1. The highest BCUT2D eigenvalue weighted by Crippen LogP contribution is 2.25. The van der Waals surface area contributed by atoms with Crippen LogP contribution in [-0.4, -0.2) is 27.3 Å². The molecule has 0 spiro atoms. The number of hydrogen-bond donors (Lipinski definition) is 1. The molecule has 1 N–H and O–H groups in total. The average Bonchev–Trinajstić information content (AvgIpc) is 3.19. The summed E-state index contributed by atoms with van der Waals surface area (Å²) in [6.07, 6.45) is 6.25. The first-order valence-corrected chi connectivity index (χ1v) is 11.2. The van der Waals surface area contributed by atoms with Crippen molar-refractivity contribution in [3.05, 3.63) is 54.1 Å². The molecular formula is C25H32N4O2. The number of aromatic nitrogens is 3. The van der Waals surface area contributed by atoms with E-state index in [4.69, 9.17) is 4.74 Å². The van der Waals surface area contributed by atoms with Crippen LogP contribution in [0.1, 0.15) is 57.9 Å². The molecule has 0 aliphatic carbocycles. The van der Waals surface area contributed by atoms with Crippen molar-refractivity contribution < 1.29 is 9.53 Å². The Labute approximate surface area is 184 Å². The van der Waals surface area contributed by atoms with Crippen LogP contribution in [0.5, 0.6) is 6.01 Å². The number of hydrogen-bond acceptors (Lipinski definition) is 4.